The summed E-state index contributed by atoms with van der Waals surface area (Å²) in [6, 6.07) is -0.787. The van der Waals surface area contributed by atoms with Crippen LogP contribution in [0.4, 0.5) is 5.13 Å². The third-order valence-electron chi connectivity index (χ3n) is 4.81. The fourth-order valence-electron chi connectivity index (χ4n) is 3.23. The number of carboxylic acid groups (broad SMARTS) is 1. The van der Waals surface area contributed by atoms with Crippen molar-refractivity contribution in [1.29, 1.82) is 0 Å². The standard InChI is InChI=1S/C18H19N5O5S2/c19-18-20-11(8-30-18)12(22-28-10-4-2-1-3-5-10)14(24)21-13-15(25)23-6-9(17(26)27)7-29-16(13)23/h2,4,6,8,10,13,16H,1,3,5,7H2,(H2,19,20)(H,21,24)(H,26,27)/t10?,13?,16-/m1/s1. The maximum atomic E-state index is 12.9. The van der Waals surface area contributed by atoms with Gasteiger partial charge in [-0.1, -0.05) is 11.2 Å². The monoisotopic (exact) mass is 449 g/mol. The van der Waals surface area contributed by atoms with E-state index in [1.165, 1.54) is 34.2 Å². The Kier molecular flexibility index (Phi) is 5.77. The average Bonchev–Trinajstić information content (AvgIpc) is 3.18. The van der Waals surface area contributed by atoms with Crippen molar-refractivity contribution < 1.29 is 24.3 Å². The number of nitrogens with one attached hydrogen (secondary N) is 1. The van der Waals surface area contributed by atoms with Gasteiger partial charge in [-0.3, -0.25) is 9.59 Å². The highest BCUT2D eigenvalue weighted by atomic mass is 32.2. The Hall–Kier alpha value is -2.86. The number of aromatic nitrogens is 1. The highest BCUT2D eigenvalue weighted by molar-refractivity contribution is 8.00. The number of thioether (sulfide) groups is 1. The van der Waals surface area contributed by atoms with Crippen molar-refractivity contribution in [2.75, 3.05) is 11.5 Å². The molecule has 4 rings (SSSR count). The summed E-state index contributed by atoms with van der Waals surface area (Å²) in [4.78, 5) is 47.4. The van der Waals surface area contributed by atoms with Gasteiger partial charge >= 0.3 is 5.97 Å². The van der Waals surface area contributed by atoms with E-state index in [4.69, 9.17) is 15.7 Å². The second-order valence-corrected chi connectivity index (χ2v) is 8.87. The van der Waals surface area contributed by atoms with Crippen LogP contribution in [0.25, 0.3) is 0 Å². The molecule has 1 fully saturated rings. The van der Waals surface area contributed by atoms with Gasteiger partial charge in [0, 0.05) is 17.3 Å². The molecule has 0 saturated carbocycles. The molecular formula is C18H19N5O5S2. The molecule has 3 heterocycles. The second-order valence-electron chi connectivity index (χ2n) is 6.87. The number of fused-ring (bicyclic) bond motifs is 1. The number of amides is 2. The molecule has 0 aromatic carbocycles. The van der Waals surface area contributed by atoms with Gasteiger partial charge in [-0.25, -0.2) is 9.78 Å². The van der Waals surface area contributed by atoms with E-state index in [0.717, 1.165) is 19.3 Å². The molecule has 1 aromatic heterocycles. The minimum absolute atomic E-state index is 0.0595. The van der Waals surface area contributed by atoms with E-state index >= 15 is 0 Å². The van der Waals surface area contributed by atoms with Crippen molar-refractivity contribution in [2.45, 2.75) is 36.8 Å². The van der Waals surface area contributed by atoms with E-state index in [-0.39, 0.29) is 45.2 Å². The number of thiazole rings is 1. The first-order valence-corrected chi connectivity index (χ1v) is 11.2. The number of hydrogen-bond donors (Lipinski definition) is 3. The van der Waals surface area contributed by atoms with Gasteiger partial charge in [-0.05, 0) is 25.3 Å². The lowest BCUT2D eigenvalue weighted by molar-refractivity contribution is -0.144. The Balaban J connectivity index is 1.49. The molecule has 1 aliphatic carbocycles. The number of carboxylic acids is 1. The first kappa shape index (κ1) is 20.4. The number of hydrogen-bond acceptors (Lipinski definition) is 9. The predicted molar refractivity (Wildman–Crippen MR) is 112 cm³/mol. The summed E-state index contributed by atoms with van der Waals surface area (Å²) >= 11 is 2.44. The third-order valence-corrected chi connectivity index (χ3v) is 6.81. The molecule has 4 N–H and O–H groups in total. The van der Waals surface area contributed by atoms with Crippen molar-refractivity contribution in [2.24, 2.45) is 5.16 Å². The summed E-state index contributed by atoms with van der Waals surface area (Å²) in [5.41, 5.74) is 6.04. The zero-order chi connectivity index (χ0) is 21.3. The summed E-state index contributed by atoms with van der Waals surface area (Å²) in [5.74, 6) is -1.80. The second kappa shape index (κ2) is 8.48. The molecule has 2 unspecified atom stereocenters. The van der Waals surface area contributed by atoms with Crippen LogP contribution >= 0.6 is 23.1 Å². The minimum atomic E-state index is -1.06. The van der Waals surface area contributed by atoms with E-state index in [9.17, 15) is 14.4 Å². The van der Waals surface area contributed by atoms with Crippen LogP contribution in [0.3, 0.4) is 0 Å². The summed E-state index contributed by atoms with van der Waals surface area (Å²) in [7, 11) is 0. The van der Waals surface area contributed by atoms with Crippen molar-refractivity contribution in [1.82, 2.24) is 15.2 Å². The summed E-state index contributed by atoms with van der Waals surface area (Å²) in [5, 5.41) is 17.3. The quantitative estimate of drug-likeness (QED) is 0.251. The van der Waals surface area contributed by atoms with Crippen LogP contribution in [0.5, 0.6) is 0 Å². The number of allylic oxidation sites excluding steroid dienone is 1. The van der Waals surface area contributed by atoms with Gasteiger partial charge < -0.3 is 25.9 Å². The van der Waals surface area contributed by atoms with Gasteiger partial charge in [0.2, 0.25) is 0 Å². The molecule has 10 nitrogen and oxygen atoms in total. The van der Waals surface area contributed by atoms with Crippen molar-refractivity contribution in [3.05, 3.63) is 35.0 Å². The number of carbonyl (C=O) groups is 3. The fourth-order valence-corrected chi connectivity index (χ4v) is 5.03. The van der Waals surface area contributed by atoms with E-state index in [0.29, 0.717) is 0 Å². The summed E-state index contributed by atoms with van der Waals surface area (Å²) in [6.45, 7) is 0. The normalized spacial score (nSPS) is 25.8. The van der Waals surface area contributed by atoms with Crippen LogP contribution in [-0.4, -0.2) is 61.8 Å². The van der Waals surface area contributed by atoms with Crippen LogP contribution in [0.1, 0.15) is 25.0 Å². The fraction of sp³-hybridized carbons (Fsp3) is 0.389. The Bertz CT molecular complexity index is 972. The number of aliphatic carboxylic acids is 1. The van der Waals surface area contributed by atoms with Crippen molar-refractivity contribution in [3.8, 4) is 0 Å². The molecule has 0 radical (unpaired) electrons. The topological polar surface area (TPSA) is 147 Å². The van der Waals surface area contributed by atoms with Gasteiger partial charge in [0.25, 0.3) is 11.8 Å². The Morgan fingerprint density at radius 1 is 1.43 bits per heavy atom. The van der Waals surface area contributed by atoms with E-state index in [1.54, 1.807) is 5.38 Å². The maximum absolute atomic E-state index is 12.9. The van der Waals surface area contributed by atoms with E-state index in [2.05, 4.69) is 15.5 Å². The van der Waals surface area contributed by atoms with E-state index in [1.807, 2.05) is 12.2 Å². The van der Waals surface area contributed by atoms with Gasteiger partial charge in [0.05, 0.1) is 5.57 Å². The number of carbonyl (C=O) groups excluding carboxylic acids is 2. The number of nitrogens with two attached hydrogens (primary N) is 1. The number of anilines is 1. The average molecular weight is 450 g/mol. The van der Waals surface area contributed by atoms with Gasteiger partial charge in [0.1, 0.15) is 23.2 Å². The molecule has 2 aliphatic heterocycles. The lowest BCUT2D eigenvalue weighted by Gasteiger charge is -2.46. The van der Waals surface area contributed by atoms with Crippen LogP contribution in [0, 0.1) is 0 Å². The lowest BCUT2D eigenvalue weighted by atomic mass is 10.1. The van der Waals surface area contributed by atoms with Crippen molar-refractivity contribution >= 4 is 51.7 Å². The zero-order valence-electron chi connectivity index (χ0n) is 15.7. The number of rotatable bonds is 6. The molecule has 3 aliphatic rings. The third kappa shape index (κ3) is 4.05. The van der Waals surface area contributed by atoms with Crippen LogP contribution < -0.4 is 11.1 Å². The SMILES string of the molecule is Nc1nc(C(=NOC2C=CCCC2)C(=O)NC2C(=O)N3C=C(C(=O)O)CS[C@H]23)cs1. The predicted octanol–water partition coefficient (Wildman–Crippen LogP) is 0.923. The lowest BCUT2D eigenvalue weighted by Crippen LogP contribution is -2.69. The Morgan fingerprint density at radius 2 is 2.27 bits per heavy atom. The molecule has 1 saturated heterocycles. The Morgan fingerprint density at radius 3 is 2.93 bits per heavy atom. The summed E-state index contributed by atoms with van der Waals surface area (Å²) in [6.07, 6.45) is 7.74. The molecular weight excluding hydrogens is 430 g/mol. The maximum Gasteiger partial charge on any atom is 0.333 e. The molecule has 2 amide bonds. The summed E-state index contributed by atoms with van der Waals surface area (Å²) < 4.78 is 0. The minimum Gasteiger partial charge on any atom is -0.478 e. The van der Waals surface area contributed by atoms with Gasteiger partial charge in [0.15, 0.2) is 10.8 Å². The Labute approximate surface area is 179 Å². The van der Waals surface area contributed by atoms with Crippen LogP contribution in [0.2, 0.25) is 0 Å². The molecule has 30 heavy (non-hydrogen) atoms. The first-order chi connectivity index (χ1) is 14.4. The molecule has 0 bridgehead atoms. The smallest absolute Gasteiger partial charge is 0.333 e. The molecule has 158 valence electrons. The van der Waals surface area contributed by atoms with Gasteiger partial charge in [-0.15, -0.1) is 23.1 Å². The number of β-lactam (4-membered cyclic amide) rings is 1. The highest BCUT2D eigenvalue weighted by Crippen LogP contribution is 2.36. The highest BCUT2D eigenvalue weighted by Gasteiger charge is 2.50. The number of oxime groups is 1. The van der Waals surface area contributed by atoms with Gasteiger partial charge in [-0.2, -0.15) is 0 Å². The molecule has 1 aromatic rings. The largest absolute Gasteiger partial charge is 0.478 e. The number of nitrogens with zero attached hydrogens (tertiary/aromatic N) is 3. The van der Waals surface area contributed by atoms with Crippen LogP contribution in [-0.2, 0) is 19.2 Å². The zero-order valence-corrected chi connectivity index (χ0v) is 17.3. The van der Waals surface area contributed by atoms with Crippen molar-refractivity contribution in [3.63, 3.8) is 0 Å². The first-order valence-electron chi connectivity index (χ1n) is 9.24. The molecule has 3 atom stereocenters. The molecule has 0 spiro atoms. The van der Waals surface area contributed by atoms with E-state index < -0.39 is 17.9 Å². The number of nitrogen functional groups attached to an aromatic ring is 1. The molecule has 12 heteroatoms. The van der Waals surface area contributed by atoms with Crippen LogP contribution in [0.15, 0.2) is 34.5 Å².